The van der Waals surface area contributed by atoms with Crippen LogP contribution in [-0.2, 0) is 51.2 Å². The van der Waals surface area contributed by atoms with Crippen LogP contribution < -0.4 is 31.9 Å². The summed E-state index contributed by atoms with van der Waals surface area (Å²) in [6, 6.07) is 14.2. The van der Waals surface area contributed by atoms with Crippen molar-refractivity contribution in [2.24, 2.45) is 0 Å². The van der Waals surface area contributed by atoms with Gasteiger partial charge < -0.3 is 46.3 Å². The highest BCUT2D eigenvalue weighted by Crippen LogP contribution is 2.32. The Bertz CT molecular complexity index is 2290. The number of nitrogens with one attached hydrogen (secondary N) is 6. The average Bonchev–Trinajstić information content (AvgIpc) is 3.67. The normalized spacial score (nSPS) is 17.1. The Kier molecular flexibility index (Phi) is 22.9. The van der Waals surface area contributed by atoms with Gasteiger partial charge in [-0.05, 0) is 62.9 Å². The molecule has 19 nitrogen and oxygen atoms in total. The molecule has 1 saturated heterocycles. The number of ether oxygens (including phenoxy) is 2. The Morgan fingerprint density at radius 1 is 0.843 bits per heavy atom. The van der Waals surface area contributed by atoms with E-state index >= 15 is 0 Å². The second-order valence-corrected chi connectivity index (χ2v) is 16.8. The number of likely N-dealkylation sites (N-methyl/N-ethyl adjacent to an activating group) is 1. The van der Waals surface area contributed by atoms with Crippen LogP contribution in [0.5, 0.6) is 0 Å². The van der Waals surface area contributed by atoms with Crippen LogP contribution in [0.15, 0.2) is 54.7 Å². The van der Waals surface area contributed by atoms with Gasteiger partial charge >= 0.3 is 11.9 Å². The molecular formula is C48H63F3N10O9. The van der Waals surface area contributed by atoms with Gasteiger partial charge in [-0.3, -0.25) is 47.8 Å². The van der Waals surface area contributed by atoms with Crippen LogP contribution >= 0.6 is 0 Å². The Morgan fingerprint density at radius 2 is 1.51 bits per heavy atom. The van der Waals surface area contributed by atoms with Crippen molar-refractivity contribution in [1.82, 2.24) is 41.4 Å². The molecule has 2 aromatic carbocycles. The first kappa shape index (κ1) is 55.9. The molecule has 0 bridgehead atoms. The van der Waals surface area contributed by atoms with Gasteiger partial charge in [0, 0.05) is 69.1 Å². The summed E-state index contributed by atoms with van der Waals surface area (Å²) < 4.78 is 47.3. The molecule has 22 heteroatoms. The fourth-order valence-electron chi connectivity index (χ4n) is 7.87. The van der Waals surface area contributed by atoms with Crippen molar-refractivity contribution in [2.75, 3.05) is 78.6 Å². The lowest BCUT2D eigenvalue weighted by atomic mass is 9.91. The standard InChI is InChI=1S/C47H60F2N10O9.CH3F/c1-3-67-43(64)28-51-19-21-58(2)29-44(65)68-22-20-52-26-32-9-7-31(8-10-32)23-41(62)56-34-13-11-33(12-14-34)55-39(60)15-16-40(61)57-38-6-4-5-36-37(17-18-53-45(36)38)46(66)54-27-42(63)59-30-47(48,49)24-35(59)25-50;1-2/h4-10,17-18,33-35,51-52H,3,11-16,19-24,26-30H2,1-2H3,(H,54,66)(H,55,60)(H,56,62)(H,57,61);1H3. The van der Waals surface area contributed by atoms with E-state index in [1.165, 1.54) is 12.3 Å². The summed E-state index contributed by atoms with van der Waals surface area (Å²) in [5.41, 5.74) is 2.59. The largest absolute Gasteiger partial charge is 0.465 e. The highest BCUT2D eigenvalue weighted by molar-refractivity contribution is 6.10. The average molecular weight is 981 g/mol. The third-order valence-corrected chi connectivity index (χ3v) is 11.4. The van der Waals surface area contributed by atoms with Gasteiger partial charge in [-0.15, -0.1) is 0 Å². The summed E-state index contributed by atoms with van der Waals surface area (Å²) in [6.45, 7) is 3.19. The SMILES string of the molecule is CCOC(=O)CNCCN(C)CC(=O)OCCNCc1ccc(CC(=O)NC2CCC(NC(=O)CCC(=O)Nc3cccc4c(C(=O)NCC(=O)N5CC(F)(F)CC5C#N)ccnc34)CC2)cc1.CF. The molecule has 2 fully saturated rings. The van der Waals surface area contributed by atoms with Gasteiger partial charge in [0.05, 0.1) is 69.2 Å². The van der Waals surface area contributed by atoms with Crippen molar-refractivity contribution in [2.45, 2.75) is 88.9 Å². The fourth-order valence-corrected chi connectivity index (χ4v) is 7.87. The molecule has 380 valence electrons. The third-order valence-electron chi connectivity index (χ3n) is 11.4. The zero-order valence-electron chi connectivity index (χ0n) is 39.8. The second kappa shape index (κ2) is 28.7. The predicted molar refractivity (Wildman–Crippen MR) is 252 cm³/mol. The number of nitrogens with zero attached hydrogens (tertiary/aromatic N) is 4. The molecule has 70 heavy (non-hydrogen) atoms. The predicted octanol–water partition coefficient (Wildman–Crippen LogP) is 2.53. The smallest absolute Gasteiger partial charge is 0.320 e. The first-order chi connectivity index (χ1) is 33.6. The van der Waals surface area contributed by atoms with Gasteiger partial charge in [0.2, 0.25) is 23.6 Å². The molecule has 1 aliphatic carbocycles. The fraction of sp³-hybridized carbons (Fsp3) is 0.521. The zero-order chi connectivity index (χ0) is 51.1. The van der Waals surface area contributed by atoms with Crippen molar-refractivity contribution < 1.29 is 56.2 Å². The molecule has 1 unspecified atom stereocenters. The number of esters is 2. The van der Waals surface area contributed by atoms with Crippen molar-refractivity contribution >= 4 is 58.1 Å². The number of hydrogen-bond donors (Lipinski definition) is 6. The number of amides is 5. The molecule has 5 amide bonds. The first-order valence-corrected chi connectivity index (χ1v) is 23.1. The Labute approximate surface area is 404 Å². The number of benzene rings is 2. The number of carbonyl (C=O) groups is 7. The maximum atomic E-state index is 13.8. The highest BCUT2D eigenvalue weighted by Gasteiger charge is 2.47. The molecule has 0 radical (unpaired) electrons. The third kappa shape index (κ3) is 18.7. The molecule has 0 spiro atoms. The summed E-state index contributed by atoms with van der Waals surface area (Å²) in [7, 11) is 2.30. The number of pyridine rings is 1. The molecule has 1 saturated carbocycles. The summed E-state index contributed by atoms with van der Waals surface area (Å²) >= 11 is 0. The Balaban J connectivity index is 0.00000526. The van der Waals surface area contributed by atoms with Gasteiger partial charge in [0.15, 0.2) is 0 Å². The minimum absolute atomic E-state index is 0.0226. The van der Waals surface area contributed by atoms with E-state index in [1.54, 1.807) is 43.1 Å². The summed E-state index contributed by atoms with van der Waals surface area (Å²) in [5, 5.41) is 27.0. The van der Waals surface area contributed by atoms with Crippen LogP contribution in [0.1, 0.15) is 73.4 Å². The molecule has 2 heterocycles. The van der Waals surface area contributed by atoms with E-state index in [0.29, 0.717) is 76.7 Å². The molecule has 2 aliphatic rings. The number of carbonyl (C=O) groups excluding carboxylic acids is 7. The number of fused-ring (bicyclic) bond motifs is 1. The Hall–Kier alpha value is -6.70. The molecule has 3 aromatic rings. The number of nitriles is 1. The maximum Gasteiger partial charge on any atom is 0.320 e. The highest BCUT2D eigenvalue weighted by atomic mass is 19.3. The van der Waals surface area contributed by atoms with E-state index in [-0.39, 0.29) is 85.9 Å². The summed E-state index contributed by atoms with van der Waals surface area (Å²) in [5.74, 6) is -6.16. The first-order valence-electron chi connectivity index (χ1n) is 23.1. The Morgan fingerprint density at radius 3 is 2.20 bits per heavy atom. The number of hydrogen-bond acceptors (Lipinski definition) is 14. The number of alkyl halides is 3. The lowest BCUT2D eigenvalue weighted by Crippen LogP contribution is -2.44. The van der Waals surface area contributed by atoms with Gasteiger partial charge in [-0.2, -0.15) is 5.26 Å². The number of anilines is 1. The number of halogens is 3. The number of aromatic nitrogens is 1. The van der Waals surface area contributed by atoms with Gasteiger partial charge in [-0.1, -0.05) is 36.4 Å². The van der Waals surface area contributed by atoms with E-state index in [0.717, 1.165) is 16.0 Å². The van der Waals surface area contributed by atoms with E-state index < -0.39 is 49.2 Å². The lowest BCUT2D eigenvalue weighted by Gasteiger charge is -2.29. The van der Waals surface area contributed by atoms with Crippen LogP contribution in [0.3, 0.4) is 0 Å². The van der Waals surface area contributed by atoms with Crippen molar-refractivity contribution in [3.05, 3.63) is 71.4 Å². The van der Waals surface area contributed by atoms with E-state index in [4.69, 9.17) is 9.47 Å². The van der Waals surface area contributed by atoms with Crippen molar-refractivity contribution in [1.29, 1.82) is 5.26 Å². The van der Waals surface area contributed by atoms with E-state index in [2.05, 4.69) is 36.9 Å². The van der Waals surface area contributed by atoms with Crippen LogP contribution in [0, 0.1) is 11.3 Å². The van der Waals surface area contributed by atoms with E-state index in [1.807, 2.05) is 24.3 Å². The van der Waals surface area contributed by atoms with Crippen molar-refractivity contribution in [3.8, 4) is 6.07 Å². The number of rotatable bonds is 24. The molecule has 5 rings (SSSR count). The summed E-state index contributed by atoms with van der Waals surface area (Å²) in [6.07, 6.45) is 3.33. The van der Waals surface area contributed by atoms with Crippen LogP contribution in [0.25, 0.3) is 10.9 Å². The molecule has 1 atom stereocenters. The summed E-state index contributed by atoms with van der Waals surface area (Å²) in [4.78, 5) is 94.7. The zero-order valence-corrected chi connectivity index (χ0v) is 39.8. The molecule has 1 aromatic heterocycles. The van der Waals surface area contributed by atoms with E-state index in [9.17, 15) is 52.0 Å². The monoisotopic (exact) mass is 980 g/mol. The molecule has 6 N–H and O–H groups in total. The van der Waals surface area contributed by atoms with Crippen LogP contribution in [0.4, 0.5) is 18.9 Å². The van der Waals surface area contributed by atoms with Gasteiger partial charge in [-0.25, -0.2) is 8.78 Å². The molecule has 1 aliphatic heterocycles. The van der Waals surface area contributed by atoms with Crippen LogP contribution in [0.2, 0.25) is 0 Å². The topological polar surface area (TPSA) is 253 Å². The molecular weight excluding hydrogens is 918 g/mol. The number of likely N-dealkylation sites (tertiary alicyclic amines) is 1. The lowest BCUT2D eigenvalue weighted by molar-refractivity contribution is -0.145. The second-order valence-electron chi connectivity index (χ2n) is 16.8. The number of para-hydroxylation sites is 1. The van der Waals surface area contributed by atoms with Crippen LogP contribution in [-0.4, -0.2) is 154 Å². The van der Waals surface area contributed by atoms with Gasteiger partial charge in [0.1, 0.15) is 12.6 Å². The van der Waals surface area contributed by atoms with Crippen molar-refractivity contribution in [3.63, 3.8) is 0 Å². The minimum Gasteiger partial charge on any atom is -0.465 e. The quantitative estimate of drug-likeness (QED) is 0.0558. The van der Waals surface area contributed by atoms with Gasteiger partial charge in [0.25, 0.3) is 11.8 Å². The minimum atomic E-state index is -3.19. The maximum absolute atomic E-state index is 13.8.